The molecule has 162 valence electrons. The van der Waals surface area contributed by atoms with Crippen molar-refractivity contribution in [1.82, 2.24) is 20.5 Å². The number of carbonyl (C=O) groups is 1. The van der Waals surface area contributed by atoms with Crippen LogP contribution < -0.4 is 10.2 Å². The molecule has 0 saturated carbocycles. The van der Waals surface area contributed by atoms with Gasteiger partial charge in [-0.1, -0.05) is 36.4 Å². The van der Waals surface area contributed by atoms with Crippen LogP contribution >= 0.6 is 22.7 Å². The fourth-order valence-electron chi connectivity index (χ4n) is 3.87. The number of hydrogen-bond acceptors (Lipinski definition) is 7. The second kappa shape index (κ2) is 9.58. The van der Waals surface area contributed by atoms with E-state index in [-0.39, 0.29) is 11.8 Å². The highest BCUT2D eigenvalue weighted by atomic mass is 32.1. The van der Waals surface area contributed by atoms with E-state index < -0.39 is 0 Å². The van der Waals surface area contributed by atoms with E-state index in [0.717, 1.165) is 52.0 Å². The van der Waals surface area contributed by atoms with Crippen molar-refractivity contribution in [3.63, 3.8) is 0 Å². The third-order valence-corrected chi connectivity index (χ3v) is 7.39. The van der Waals surface area contributed by atoms with Gasteiger partial charge in [-0.3, -0.25) is 4.79 Å². The van der Waals surface area contributed by atoms with E-state index >= 15 is 0 Å². The van der Waals surface area contributed by atoms with Crippen LogP contribution in [0, 0.1) is 5.92 Å². The zero-order chi connectivity index (χ0) is 21.8. The number of amides is 1. The van der Waals surface area contributed by atoms with Crippen molar-refractivity contribution >= 4 is 34.4 Å². The normalized spacial score (nSPS) is 16.1. The summed E-state index contributed by atoms with van der Waals surface area (Å²) >= 11 is 3.25. The summed E-state index contributed by atoms with van der Waals surface area (Å²) in [7, 11) is 0. The highest BCUT2D eigenvalue weighted by Gasteiger charge is 2.26. The molecule has 0 spiro atoms. The summed E-state index contributed by atoms with van der Waals surface area (Å²) < 4.78 is 0. The number of aromatic nitrogens is 3. The number of thiophene rings is 1. The standard InChI is InChI=1S/C24H23N5OS2/c30-23(25-14-19-16-32-24(26-19)17-6-2-1-3-7-17)18-8-4-12-29(15-18)22-11-10-20(27-28-22)21-9-5-13-31-21/h1-3,5-7,9-11,13,16,18H,4,8,12,14-15H2,(H,25,30). The molecule has 5 rings (SSSR count). The SMILES string of the molecule is O=C(NCc1csc(-c2ccccc2)n1)C1CCCN(c2ccc(-c3cccs3)nn2)C1. The first kappa shape index (κ1) is 20.8. The van der Waals surface area contributed by atoms with E-state index in [4.69, 9.17) is 0 Å². The average molecular weight is 462 g/mol. The summed E-state index contributed by atoms with van der Waals surface area (Å²) in [6, 6.07) is 18.2. The molecule has 0 bridgehead atoms. The predicted molar refractivity (Wildman–Crippen MR) is 130 cm³/mol. The molecule has 1 aliphatic heterocycles. The molecule has 32 heavy (non-hydrogen) atoms. The zero-order valence-electron chi connectivity index (χ0n) is 17.5. The Kier molecular flexibility index (Phi) is 6.22. The van der Waals surface area contributed by atoms with Crippen molar-refractivity contribution in [2.24, 2.45) is 5.92 Å². The number of hydrogen-bond donors (Lipinski definition) is 1. The Balaban J connectivity index is 1.17. The van der Waals surface area contributed by atoms with Gasteiger partial charge in [0.1, 0.15) is 10.7 Å². The summed E-state index contributed by atoms with van der Waals surface area (Å²) in [6.07, 6.45) is 1.84. The van der Waals surface area contributed by atoms with E-state index in [9.17, 15) is 4.79 Å². The number of piperidine rings is 1. The van der Waals surface area contributed by atoms with Gasteiger partial charge in [-0.05, 0) is 36.4 Å². The minimum atomic E-state index is -0.0604. The van der Waals surface area contributed by atoms with Gasteiger partial charge in [-0.2, -0.15) is 0 Å². The minimum Gasteiger partial charge on any atom is -0.354 e. The number of thiazole rings is 1. The smallest absolute Gasteiger partial charge is 0.225 e. The van der Waals surface area contributed by atoms with Crippen molar-refractivity contribution in [2.75, 3.05) is 18.0 Å². The van der Waals surface area contributed by atoms with Crippen molar-refractivity contribution in [3.8, 4) is 21.1 Å². The Labute approximate surface area is 195 Å². The Morgan fingerprint density at radius 2 is 1.97 bits per heavy atom. The molecule has 4 aromatic rings. The average Bonchev–Trinajstić information content (AvgIpc) is 3.56. The fraction of sp³-hybridized carbons (Fsp3) is 0.250. The number of anilines is 1. The Hall–Kier alpha value is -3.10. The summed E-state index contributed by atoms with van der Waals surface area (Å²) in [6.45, 7) is 2.00. The molecule has 1 aliphatic rings. The zero-order valence-corrected chi connectivity index (χ0v) is 19.1. The molecule has 0 aliphatic carbocycles. The van der Waals surface area contributed by atoms with Crippen LogP contribution in [-0.4, -0.2) is 34.2 Å². The molecule has 1 saturated heterocycles. The van der Waals surface area contributed by atoms with Crippen LogP contribution in [0.3, 0.4) is 0 Å². The third kappa shape index (κ3) is 4.71. The number of rotatable bonds is 6. The Morgan fingerprint density at radius 3 is 2.75 bits per heavy atom. The molecule has 1 aromatic carbocycles. The van der Waals surface area contributed by atoms with Gasteiger partial charge >= 0.3 is 0 Å². The fourth-order valence-corrected chi connectivity index (χ4v) is 5.39. The van der Waals surface area contributed by atoms with Crippen LogP contribution in [0.15, 0.2) is 65.4 Å². The van der Waals surface area contributed by atoms with Crippen LogP contribution in [-0.2, 0) is 11.3 Å². The van der Waals surface area contributed by atoms with Crippen LogP contribution in [0.25, 0.3) is 21.1 Å². The molecule has 8 heteroatoms. The van der Waals surface area contributed by atoms with Gasteiger partial charge in [-0.15, -0.1) is 32.9 Å². The summed E-state index contributed by atoms with van der Waals surface area (Å²) in [4.78, 5) is 20.8. The molecule has 4 heterocycles. The maximum absolute atomic E-state index is 12.8. The largest absolute Gasteiger partial charge is 0.354 e. The second-order valence-corrected chi connectivity index (χ2v) is 9.57. The molecule has 3 aromatic heterocycles. The minimum absolute atomic E-state index is 0.0604. The Morgan fingerprint density at radius 1 is 1.06 bits per heavy atom. The van der Waals surface area contributed by atoms with Gasteiger partial charge in [0.15, 0.2) is 5.82 Å². The first-order valence-electron chi connectivity index (χ1n) is 10.7. The lowest BCUT2D eigenvalue weighted by atomic mass is 9.97. The van der Waals surface area contributed by atoms with Crippen LogP contribution in [0.5, 0.6) is 0 Å². The van der Waals surface area contributed by atoms with Gasteiger partial charge in [0.2, 0.25) is 5.91 Å². The molecule has 1 atom stereocenters. The highest BCUT2D eigenvalue weighted by molar-refractivity contribution is 7.13. The quantitative estimate of drug-likeness (QED) is 0.444. The van der Waals surface area contributed by atoms with Crippen molar-refractivity contribution in [2.45, 2.75) is 19.4 Å². The molecule has 1 fully saturated rings. The maximum atomic E-state index is 12.8. The van der Waals surface area contributed by atoms with Crippen LogP contribution in [0.2, 0.25) is 0 Å². The van der Waals surface area contributed by atoms with Gasteiger partial charge in [-0.25, -0.2) is 4.98 Å². The number of carbonyl (C=O) groups excluding carboxylic acids is 1. The van der Waals surface area contributed by atoms with Gasteiger partial charge in [0.25, 0.3) is 0 Å². The van der Waals surface area contributed by atoms with Gasteiger partial charge < -0.3 is 10.2 Å². The summed E-state index contributed by atoms with van der Waals surface area (Å²) in [5, 5.41) is 16.9. The molecule has 1 amide bonds. The number of nitrogens with zero attached hydrogens (tertiary/aromatic N) is 4. The highest BCUT2D eigenvalue weighted by Crippen LogP contribution is 2.26. The number of nitrogens with one attached hydrogen (secondary N) is 1. The molecule has 1 unspecified atom stereocenters. The lowest BCUT2D eigenvalue weighted by Crippen LogP contribution is -2.43. The van der Waals surface area contributed by atoms with E-state index in [1.54, 1.807) is 22.7 Å². The monoisotopic (exact) mass is 461 g/mol. The molecule has 6 nitrogen and oxygen atoms in total. The van der Waals surface area contributed by atoms with Crippen LogP contribution in [0.4, 0.5) is 5.82 Å². The van der Waals surface area contributed by atoms with E-state index in [1.807, 2.05) is 65.4 Å². The van der Waals surface area contributed by atoms with Crippen LogP contribution in [0.1, 0.15) is 18.5 Å². The van der Waals surface area contributed by atoms with Gasteiger partial charge in [0, 0.05) is 24.0 Å². The molecule has 1 N–H and O–H groups in total. The second-order valence-electron chi connectivity index (χ2n) is 7.77. The number of benzene rings is 1. The summed E-state index contributed by atoms with van der Waals surface area (Å²) in [5.74, 6) is 0.844. The molecular formula is C24H23N5OS2. The van der Waals surface area contributed by atoms with E-state index in [0.29, 0.717) is 13.1 Å². The van der Waals surface area contributed by atoms with Crippen molar-refractivity contribution in [1.29, 1.82) is 0 Å². The maximum Gasteiger partial charge on any atom is 0.225 e. The topological polar surface area (TPSA) is 71.0 Å². The third-order valence-electron chi connectivity index (χ3n) is 5.56. The Bertz CT molecular complexity index is 1160. The lowest BCUT2D eigenvalue weighted by molar-refractivity contribution is -0.125. The van der Waals surface area contributed by atoms with Crippen molar-refractivity contribution in [3.05, 3.63) is 71.1 Å². The summed E-state index contributed by atoms with van der Waals surface area (Å²) in [5.41, 5.74) is 2.88. The first-order valence-corrected chi connectivity index (χ1v) is 12.4. The van der Waals surface area contributed by atoms with Gasteiger partial charge in [0.05, 0.1) is 23.0 Å². The molecular weight excluding hydrogens is 438 g/mol. The van der Waals surface area contributed by atoms with E-state index in [1.165, 1.54) is 0 Å². The predicted octanol–water partition coefficient (Wildman–Crippen LogP) is 4.86. The van der Waals surface area contributed by atoms with Crippen molar-refractivity contribution < 1.29 is 4.79 Å². The molecule has 0 radical (unpaired) electrons. The lowest BCUT2D eigenvalue weighted by Gasteiger charge is -2.32. The van der Waals surface area contributed by atoms with E-state index in [2.05, 4.69) is 25.4 Å². The first-order chi connectivity index (χ1) is 15.8.